The van der Waals surface area contributed by atoms with E-state index in [-0.39, 0.29) is 5.56 Å². The topological polar surface area (TPSA) is 67.2 Å². The Morgan fingerprint density at radius 2 is 1.69 bits per heavy atom. The highest BCUT2D eigenvalue weighted by Gasteiger charge is 2.14. The molecule has 2 aromatic heterocycles. The van der Waals surface area contributed by atoms with Gasteiger partial charge < -0.3 is 0 Å². The van der Waals surface area contributed by atoms with Crippen molar-refractivity contribution in [2.24, 2.45) is 5.10 Å². The molecule has 0 aliphatic carbocycles. The number of hydrogen-bond donors (Lipinski definition) is 1. The third-order valence-electron chi connectivity index (χ3n) is 4.30. The molecule has 29 heavy (non-hydrogen) atoms. The standard InChI is InChI=1S/C22H14F2N4O/c23-18-5-3-6-19(24)17(18)13-26-28-22(29)16-12-21(14-8-10-25-11-9-14)27-20-7-2-1-4-15(16)20/h1-13H,(H,28,29)/b26-13+. The van der Waals surface area contributed by atoms with E-state index < -0.39 is 17.5 Å². The molecule has 4 aromatic rings. The summed E-state index contributed by atoms with van der Waals surface area (Å²) in [6.45, 7) is 0. The van der Waals surface area contributed by atoms with E-state index in [4.69, 9.17) is 0 Å². The maximum Gasteiger partial charge on any atom is 0.272 e. The van der Waals surface area contributed by atoms with Crippen molar-refractivity contribution in [1.29, 1.82) is 0 Å². The zero-order valence-electron chi connectivity index (χ0n) is 15.0. The number of carbonyl (C=O) groups is 1. The molecule has 1 N–H and O–H groups in total. The fraction of sp³-hybridized carbons (Fsp3) is 0. The molecule has 7 heteroatoms. The smallest absolute Gasteiger partial charge is 0.267 e. The number of carbonyl (C=O) groups excluding carboxylic acids is 1. The zero-order valence-corrected chi connectivity index (χ0v) is 15.0. The van der Waals surface area contributed by atoms with Crippen LogP contribution >= 0.6 is 0 Å². The summed E-state index contributed by atoms with van der Waals surface area (Å²) in [6.07, 6.45) is 4.22. The van der Waals surface area contributed by atoms with Crippen LogP contribution in [0.1, 0.15) is 15.9 Å². The van der Waals surface area contributed by atoms with E-state index >= 15 is 0 Å². The second-order valence-corrected chi connectivity index (χ2v) is 6.14. The number of aromatic nitrogens is 2. The van der Waals surface area contributed by atoms with Gasteiger partial charge in [0.2, 0.25) is 0 Å². The van der Waals surface area contributed by atoms with E-state index in [0.717, 1.165) is 23.9 Å². The predicted molar refractivity (Wildman–Crippen MR) is 106 cm³/mol. The van der Waals surface area contributed by atoms with Crippen molar-refractivity contribution in [3.8, 4) is 11.3 Å². The molecule has 0 spiro atoms. The van der Waals surface area contributed by atoms with Crippen LogP contribution in [0.5, 0.6) is 0 Å². The highest BCUT2D eigenvalue weighted by Crippen LogP contribution is 2.24. The van der Waals surface area contributed by atoms with Crippen molar-refractivity contribution in [3.05, 3.63) is 95.8 Å². The first-order valence-electron chi connectivity index (χ1n) is 8.71. The molecule has 0 aliphatic heterocycles. The molecule has 5 nitrogen and oxygen atoms in total. The number of pyridine rings is 2. The van der Waals surface area contributed by atoms with Crippen molar-refractivity contribution >= 4 is 23.0 Å². The number of fused-ring (bicyclic) bond motifs is 1. The van der Waals surface area contributed by atoms with Crippen molar-refractivity contribution in [3.63, 3.8) is 0 Å². The molecule has 0 atom stereocenters. The minimum atomic E-state index is -0.766. The molecule has 0 saturated heterocycles. The van der Waals surface area contributed by atoms with Crippen LogP contribution < -0.4 is 5.43 Å². The third-order valence-corrected chi connectivity index (χ3v) is 4.30. The Bertz CT molecular complexity index is 1210. The average molecular weight is 388 g/mol. The number of hydrogen-bond acceptors (Lipinski definition) is 4. The van der Waals surface area contributed by atoms with Crippen LogP contribution in [0.4, 0.5) is 8.78 Å². The molecule has 2 aromatic carbocycles. The number of benzene rings is 2. The normalized spacial score (nSPS) is 11.1. The SMILES string of the molecule is O=C(N/N=C/c1c(F)cccc1F)c1cc(-c2ccncc2)nc2ccccc12. The van der Waals surface area contributed by atoms with Crippen LogP contribution in [0.15, 0.2) is 78.2 Å². The summed E-state index contributed by atoms with van der Waals surface area (Å²) < 4.78 is 27.4. The van der Waals surface area contributed by atoms with Gasteiger partial charge in [-0.05, 0) is 36.4 Å². The number of halogens is 2. The molecule has 4 rings (SSSR count). The molecule has 0 unspecified atom stereocenters. The van der Waals surface area contributed by atoms with Gasteiger partial charge >= 0.3 is 0 Å². The largest absolute Gasteiger partial charge is 0.272 e. The number of nitrogens with zero attached hydrogens (tertiary/aromatic N) is 3. The molecule has 0 radical (unpaired) electrons. The molecule has 142 valence electrons. The van der Waals surface area contributed by atoms with Crippen molar-refractivity contribution in [1.82, 2.24) is 15.4 Å². The second kappa shape index (κ2) is 7.93. The molecule has 0 aliphatic rings. The van der Waals surface area contributed by atoms with Crippen LogP contribution in [0.3, 0.4) is 0 Å². The summed E-state index contributed by atoms with van der Waals surface area (Å²) >= 11 is 0. The van der Waals surface area contributed by atoms with Gasteiger partial charge in [0.25, 0.3) is 5.91 Å². The van der Waals surface area contributed by atoms with Gasteiger partial charge in [-0.25, -0.2) is 19.2 Å². The molecular formula is C22H14F2N4O. The monoisotopic (exact) mass is 388 g/mol. The lowest BCUT2D eigenvalue weighted by Crippen LogP contribution is -2.18. The fourth-order valence-electron chi connectivity index (χ4n) is 2.88. The second-order valence-electron chi connectivity index (χ2n) is 6.14. The van der Waals surface area contributed by atoms with Crippen molar-refractivity contribution in [2.45, 2.75) is 0 Å². The van der Waals surface area contributed by atoms with E-state index in [0.29, 0.717) is 22.2 Å². The third kappa shape index (κ3) is 3.84. The Hall–Kier alpha value is -4.00. The Morgan fingerprint density at radius 1 is 0.966 bits per heavy atom. The molecule has 2 heterocycles. The van der Waals surface area contributed by atoms with Gasteiger partial charge in [-0.2, -0.15) is 5.10 Å². The first-order chi connectivity index (χ1) is 14.1. The van der Waals surface area contributed by atoms with Gasteiger partial charge in [-0.3, -0.25) is 9.78 Å². The van der Waals surface area contributed by atoms with Gasteiger partial charge in [-0.15, -0.1) is 0 Å². The maximum atomic E-state index is 13.7. The highest BCUT2D eigenvalue weighted by atomic mass is 19.1. The number of rotatable bonds is 4. The summed E-state index contributed by atoms with van der Waals surface area (Å²) in [6, 6.07) is 15.9. The molecule has 0 fully saturated rings. The minimum absolute atomic E-state index is 0.329. The number of nitrogens with one attached hydrogen (secondary N) is 1. The Morgan fingerprint density at radius 3 is 2.45 bits per heavy atom. The molecule has 1 amide bonds. The van der Waals surface area contributed by atoms with E-state index in [1.54, 1.807) is 48.8 Å². The number of amides is 1. The van der Waals surface area contributed by atoms with Gasteiger partial charge in [0.05, 0.1) is 28.6 Å². The van der Waals surface area contributed by atoms with Gasteiger partial charge in [0.1, 0.15) is 11.6 Å². The summed E-state index contributed by atoms with van der Waals surface area (Å²) in [5.41, 5.74) is 4.38. The van der Waals surface area contributed by atoms with Gasteiger partial charge in [0, 0.05) is 23.3 Å². The lowest BCUT2D eigenvalue weighted by molar-refractivity contribution is 0.0956. The van der Waals surface area contributed by atoms with E-state index in [1.165, 1.54) is 6.07 Å². The fourth-order valence-corrected chi connectivity index (χ4v) is 2.88. The van der Waals surface area contributed by atoms with Crippen LogP contribution in [0.2, 0.25) is 0 Å². The van der Waals surface area contributed by atoms with Crippen LogP contribution in [0.25, 0.3) is 22.2 Å². The number of hydrazone groups is 1. The Balaban J connectivity index is 1.69. The van der Waals surface area contributed by atoms with Crippen LogP contribution in [0, 0.1) is 11.6 Å². The first-order valence-corrected chi connectivity index (χ1v) is 8.71. The Labute approximate surface area is 164 Å². The van der Waals surface area contributed by atoms with Gasteiger partial charge in [0.15, 0.2) is 0 Å². The van der Waals surface area contributed by atoms with E-state index in [1.807, 2.05) is 6.07 Å². The van der Waals surface area contributed by atoms with Crippen LogP contribution in [-0.4, -0.2) is 22.1 Å². The summed E-state index contributed by atoms with van der Waals surface area (Å²) in [5, 5.41) is 4.35. The summed E-state index contributed by atoms with van der Waals surface area (Å²) in [5.74, 6) is -2.05. The summed E-state index contributed by atoms with van der Waals surface area (Å²) in [7, 11) is 0. The van der Waals surface area contributed by atoms with Gasteiger partial charge in [-0.1, -0.05) is 24.3 Å². The predicted octanol–water partition coefficient (Wildman–Crippen LogP) is 4.34. The lowest BCUT2D eigenvalue weighted by Gasteiger charge is -2.09. The van der Waals surface area contributed by atoms with Crippen LogP contribution in [-0.2, 0) is 0 Å². The lowest BCUT2D eigenvalue weighted by atomic mass is 10.0. The Kier molecular flexibility index (Phi) is 5.03. The van der Waals surface area contributed by atoms with E-state index in [2.05, 4.69) is 20.5 Å². The quantitative estimate of drug-likeness (QED) is 0.418. The first kappa shape index (κ1) is 18.4. The summed E-state index contributed by atoms with van der Waals surface area (Å²) in [4.78, 5) is 21.3. The molecular weight excluding hydrogens is 374 g/mol. The van der Waals surface area contributed by atoms with Crippen molar-refractivity contribution < 1.29 is 13.6 Å². The number of para-hydroxylation sites is 1. The molecule has 0 bridgehead atoms. The maximum absolute atomic E-state index is 13.7. The molecule has 0 saturated carbocycles. The zero-order chi connectivity index (χ0) is 20.2. The average Bonchev–Trinajstić information content (AvgIpc) is 2.75. The van der Waals surface area contributed by atoms with E-state index in [9.17, 15) is 13.6 Å². The highest BCUT2D eigenvalue weighted by molar-refractivity contribution is 6.07. The van der Waals surface area contributed by atoms with Crippen molar-refractivity contribution in [2.75, 3.05) is 0 Å². The minimum Gasteiger partial charge on any atom is -0.267 e.